The second-order valence-corrected chi connectivity index (χ2v) is 7.43. The highest BCUT2D eigenvalue weighted by Gasteiger charge is 2.22. The molecule has 0 saturated carbocycles. The van der Waals surface area contributed by atoms with Gasteiger partial charge in [-0.25, -0.2) is 8.42 Å². The van der Waals surface area contributed by atoms with Gasteiger partial charge in [-0.05, 0) is 24.1 Å². The molecular weight excluding hydrogens is 304 g/mol. The number of hydrogen-bond acceptors (Lipinski definition) is 5. The summed E-state index contributed by atoms with van der Waals surface area (Å²) in [7, 11) is 0.198. The van der Waals surface area contributed by atoms with Crippen molar-refractivity contribution in [1.82, 2.24) is 9.21 Å². The summed E-state index contributed by atoms with van der Waals surface area (Å²) in [4.78, 5) is 2.29. The predicted octanol–water partition coefficient (Wildman–Crippen LogP) is 0.824. The molecule has 0 unspecified atom stereocenters. The molecule has 1 saturated heterocycles. The topological polar surface area (TPSA) is 59.1 Å². The standard InChI is InChI=1S/C15H24N2O4S/c1-20-14-5-4-13(12-15(14)21-2)6-7-16-8-10-17(11-9-16)22(3,18)19/h4-5,12H,6-11H2,1-3H3. The fourth-order valence-electron chi connectivity index (χ4n) is 2.61. The van der Waals surface area contributed by atoms with E-state index < -0.39 is 10.0 Å². The molecule has 6 nitrogen and oxygen atoms in total. The molecule has 0 radical (unpaired) electrons. The molecule has 1 aliphatic rings. The second-order valence-electron chi connectivity index (χ2n) is 5.44. The van der Waals surface area contributed by atoms with Crippen molar-refractivity contribution in [2.24, 2.45) is 0 Å². The van der Waals surface area contributed by atoms with Crippen molar-refractivity contribution in [2.45, 2.75) is 6.42 Å². The van der Waals surface area contributed by atoms with Crippen LogP contribution in [0.25, 0.3) is 0 Å². The second kappa shape index (κ2) is 7.30. The zero-order valence-electron chi connectivity index (χ0n) is 13.4. The quantitative estimate of drug-likeness (QED) is 0.774. The summed E-state index contributed by atoms with van der Waals surface area (Å²) >= 11 is 0. The van der Waals surface area contributed by atoms with Gasteiger partial charge in [0.2, 0.25) is 10.0 Å². The molecule has 0 atom stereocenters. The minimum absolute atomic E-state index is 0.574. The third kappa shape index (κ3) is 4.34. The number of methoxy groups -OCH3 is 2. The molecule has 1 heterocycles. The minimum atomic E-state index is -3.06. The molecule has 124 valence electrons. The van der Waals surface area contributed by atoms with Crippen molar-refractivity contribution in [2.75, 3.05) is 53.2 Å². The fraction of sp³-hybridized carbons (Fsp3) is 0.600. The summed E-state index contributed by atoms with van der Waals surface area (Å²) in [6, 6.07) is 5.94. The van der Waals surface area contributed by atoms with E-state index in [1.165, 1.54) is 11.8 Å². The Bertz CT molecular complexity index is 596. The van der Waals surface area contributed by atoms with Gasteiger partial charge < -0.3 is 14.4 Å². The molecular formula is C15H24N2O4S. The Balaban J connectivity index is 1.87. The number of rotatable bonds is 6. The minimum Gasteiger partial charge on any atom is -0.493 e. The summed E-state index contributed by atoms with van der Waals surface area (Å²) in [6.07, 6.45) is 2.17. The maximum absolute atomic E-state index is 11.5. The van der Waals surface area contributed by atoms with E-state index in [-0.39, 0.29) is 0 Å². The van der Waals surface area contributed by atoms with Gasteiger partial charge in [-0.2, -0.15) is 4.31 Å². The van der Waals surface area contributed by atoms with E-state index in [9.17, 15) is 8.42 Å². The largest absolute Gasteiger partial charge is 0.493 e. The molecule has 0 aromatic heterocycles. The number of hydrogen-bond donors (Lipinski definition) is 0. The highest BCUT2D eigenvalue weighted by Crippen LogP contribution is 2.27. The van der Waals surface area contributed by atoms with E-state index in [0.29, 0.717) is 13.1 Å². The first-order valence-corrected chi connectivity index (χ1v) is 9.17. The average Bonchev–Trinajstić information content (AvgIpc) is 2.52. The maximum atomic E-state index is 11.5. The summed E-state index contributed by atoms with van der Waals surface area (Å²) in [5.74, 6) is 1.47. The highest BCUT2D eigenvalue weighted by molar-refractivity contribution is 7.88. The summed E-state index contributed by atoms with van der Waals surface area (Å²) in [6.45, 7) is 3.61. The van der Waals surface area contributed by atoms with Crippen LogP contribution in [-0.4, -0.2) is 70.8 Å². The van der Waals surface area contributed by atoms with Crippen LogP contribution < -0.4 is 9.47 Å². The third-order valence-electron chi connectivity index (χ3n) is 3.96. The van der Waals surface area contributed by atoms with Gasteiger partial charge in [0.15, 0.2) is 11.5 Å². The van der Waals surface area contributed by atoms with Crippen molar-refractivity contribution in [1.29, 1.82) is 0 Å². The average molecular weight is 328 g/mol. The summed E-state index contributed by atoms with van der Waals surface area (Å²) < 4.78 is 35.1. The number of nitrogens with zero attached hydrogens (tertiary/aromatic N) is 2. The van der Waals surface area contributed by atoms with Crippen LogP contribution >= 0.6 is 0 Å². The molecule has 0 spiro atoms. The first-order chi connectivity index (χ1) is 10.4. The van der Waals surface area contributed by atoms with Gasteiger partial charge in [0.25, 0.3) is 0 Å². The Morgan fingerprint density at radius 1 is 1.05 bits per heavy atom. The van der Waals surface area contributed by atoms with Crippen molar-refractivity contribution >= 4 is 10.0 Å². The highest BCUT2D eigenvalue weighted by atomic mass is 32.2. The molecule has 2 rings (SSSR count). The number of ether oxygens (including phenoxy) is 2. The summed E-state index contributed by atoms with van der Waals surface area (Å²) in [5.41, 5.74) is 1.18. The van der Waals surface area contributed by atoms with Crippen LogP contribution in [0.4, 0.5) is 0 Å². The van der Waals surface area contributed by atoms with E-state index >= 15 is 0 Å². The van der Waals surface area contributed by atoms with E-state index in [1.54, 1.807) is 18.5 Å². The lowest BCUT2D eigenvalue weighted by Gasteiger charge is -2.33. The maximum Gasteiger partial charge on any atom is 0.211 e. The SMILES string of the molecule is COc1ccc(CCN2CCN(S(C)(=O)=O)CC2)cc1OC. The summed E-state index contributed by atoms with van der Waals surface area (Å²) in [5, 5.41) is 0. The van der Waals surface area contributed by atoms with Crippen LogP contribution in [-0.2, 0) is 16.4 Å². The van der Waals surface area contributed by atoms with Gasteiger partial charge in [-0.1, -0.05) is 6.07 Å². The Kier molecular flexibility index (Phi) is 5.66. The molecule has 0 bridgehead atoms. The predicted molar refractivity (Wildman–Crippen MR) is 86.1 cm³/mol. The Labute approximate surface area is 132 Å². The Morgan fingerprint density at radius 2 is 1.68 bits per heavy atom. The lowest BCUT2D eigenvalue weighted by molar-refractivity contribution is 0.190. The van der Waals surface area contributed by atoms with Gasteiger partial charge in [0.05, 0.1) is 20.5 Å². The molecule has 0 amide bonds. The molecule has 22 heavy (non-hydrogen) atoms. The van der Waals surface area contributed by atoms with Crippen molar-refractivity contribution in [3.8, 4) is 11.5 Å². The zero-order valence-corrected chi connectivity index (χ0v) is 14.2. The van der Waals surface area contributed by atoms with Gasteiger partial charge in [-0.15, -0.1) is 0 Å². The molecule has 0 aliphatic carbocycles. The van der Waals surface area contributed by atoms with Crippen LogP contribution in [0, 0.1) is 0 Å². The Morgan fingerprint density at radius 3 is 2.23 bits per heavy atom. The molecule has 1 fully saturated rings. The monoisotopic (exact) mass is 328 g/mol. The zero-order chi connectivity index (χ0) is 16.2. The van der Waals surface area contributed by atoms with Crippen LogP contribution in [0.15, 0.2) is 18.2 Å². The van der Waals surface area contributed by atoms with Gasteiger partial charge in [-0.3, -0.25) is 0 Å². The molecule has 1 aliphatic heterocycles. The molecule has 7 heteroatoms. The third-order valence-corrected chi connectivity index (χ3v) is 5.27. The molecule has 0 N–H and O–H groups in total. The number of benzene rings is 1. The first kappa shape index (κ1) is 17.1. The van der Waals surface area contributed by atoms with Gasteiger partial charge in [0.1, 0.15) is 0 Å². The van der Waals surface area contributed by atoms with Crippen molar-refractivity contribution in [3.63, 3.8) is 0 Å². The first-order valence-electron chi connectivity index (χ1n) is 7.32. The van der Waals surface area contributed by atoms with Crippen molar-refractivity contribution < 1.29 is 17.9 Å². The Hall–Kier alpha value is -1.31. The van der Waals surface area contributed by atoms with Gasteiger partial charge >= 0.3 is 0 Å². The van der Waals surface area contributed by atoms with E-state index in [1.807, 2.05) is 18.2 Å². The lowest BCUT2D eigenvalue weighted by Crippen LogP contribution is -2.48. The van der Waals surface area contributed by atoms with Crippen LogP contribution in [0.2, 0.25) is 0 Å². The number of sulfonamides is 1. The van der Waals surface area contributed by atoms with Crippen LogP contribution in [0.5, 0.6) is 11.5 Å². The van der Waals surface area contributed by atoms with E-state index in [4.69, 9.17) is 9.47 Å². The van der Waals surface area contributed by atoms with Crippen molar-refractivity contribution in [3.05, 3.63) is 23.8 Å². The fourth-order valence-corrected chi connectivity index (χ4v) is 3.43. The number of piperazine rings is 1. The molecule has 1 aromatic rings. The van der Waals surface area contributed by atoms with E-state index in [0.717, 1.165) is 37.6 Å². The molecule has 1 aromatic carbocycles. The van der Waals surface area contributed by atoms with Gasteiger partial charge in [0, 0.05) is 32.7 Å². The van der Waals surface area contributed by atoms with E-state index in [2.05, 4.69) is 4.90 Å². The van der Waals surface area contributed by atoms with Crippen LogP contribution in [0.1, 0.15) is 5.56 Å². The van der Waals surface area contributed by atoms with Crippen LogP contribution in [0.3, 0.4) is 0 Å². The smallest absolute Gasteiger partial charge is 0.211 e. The lowest BCUT2D eigenvalue weighted by atomic mass is 10.1. The normalized spacial score (nSPS) is 17.4.